The van der Waals surface area contributed by atoms with Crippen LogP contribution in [0.1, 0.15) is 17.2 Å². The molecule has 0 amide bonds. The van der Waals surface area contributed by atoms with Crippen LogP contribution in [0.15, 0.2) is 30.5 Å². The number of aryl methyl sites for hydroxylation is 1. The maximum absolute atomic E-state index is 5.84. The van der Waals surface area contributed by atoms with Crippen LogP contribution in [0.3, 0.4) is 0 Å². The molecule has 0 bridgehead atoms. The lowest BCUT2D eigenvalue weighted by atomic mass is 10.3. The summed E-state index contributed by atoms with van der Waals surface area (Å²) in [5.74, 6) is 0.612. The van der Waals surface area contributed by atoms with Crippen LogP contribution in [0.5, 0.6) is 0 Å². The normalized spacial score (nSPS) is 10.6. The molecule has 0 N–H and O–H groups in total. The Balaban J connectivity index is 1.78. The molecule has 94 valence electrons. The van der Waals surface area contributed by atoms with Crippen molar-refractivity contribution in [2.45, 2.75) is 20.0 Å². The quantitative estimate of drug-likeness (QED) is 0.615. The van der Waals surface area contributed by atoms with Gasteiger partial charge in [-0.1, -0.05) is 17.7 Å². The maximum Gasteiger partial charge on any atom is 0.155 e. The molecule has 0 saturated heterocycles. The molecule has 0 aliphatic heterocycles. The van der Waals surface area contributed by atoms with E-state index in [1.807, 2.05) is 25.1 Å². The van der Waals surface area contributed by atoms with Gasteiger partial charge in [0.15, 0.2) is 5.82 Å². The topological polar surface area (TPSA) is 47.9 Å². The van der Waals surface area contributed by atoms with Crippen molar-refractivity contribution in [3.05, 3.63) is 52.8 Å². The monoisotopic (exact) mass is 263 g/mol. The van der Waals surface area contributed by atoms with Crippen molar-refractivity contribution < 1.29 is 4.74 Å². The molecule has 4 nitrogen and oxygen atoms in total. The Labute approximate surface area is 111 Å². The van der Waals surface area contributed by atoms with E-state index >= 15 is 0 Å². The van der Waals surface area contributed by atoms with Crippen LogP contribution in [-0.2, 0) is 17.8 Å². The fourth-order valence-electron chi connectivity index (χ4n) is 1.54. The van der Waals surface area contributed by atoms with E-state index in [0.29, 0.717) is 24.2 Å². The first-order chi connectivity index (χ1) is 8.74. The number of ether oxygens (including phenoxy) is 1. The third-order valence-electron chi connectivity index (χ3n) is 2.33. The largest absolute Gasteiger partial charge is 0.373 e. The average molecular weight is 264 g/mol. The van der Waals surface area contributed by atoms with Gasteiger partial charge in [-0.25, -0.2) is 9.97 Å². The van der Waals surface area contributed by atoms with Gasteiger partial charge >= 0.3 is 0 Å². The van der Waals surface area contributed by atoms with Gasteiger partial charge in [-0.05, 0) is 25.1 Å². The molecule has 0 spiro atoms. The highest BCUT2D eigenvalue weighted by Crippen LogP contribution is 2.07. The standard InChI is InChI=1S/C13H14ClN3O/c1-10-8-12(14)17-13(16-10)9-18-7-5-11-4-2-3-6-15-11/h2-4,6,8H,5,7,9H2,1H3. The van der Waals surface area contributed by atoms with Gasteiger partial charge in [0.05, 0.1) is 6.61 Å². The molecule has 0 aliphatic carbocycles. The second-order valence-electron chi connectivity index (χ2n) is 3.87. The maximum atomic E-state index is 5.84. The Morgan fingerprint density at radius 1 is 1.28 bits per heavy atom. The summed E-state index contributed by atoms with van der Waals surface area (Å²) < 4.78 is 5.51. The summed E-state index contributed by atoms with van der Waals surface area (Å²) in [4.78, 5) is 12.6. The molecule has 0 aliphatic rings. The Hall–Kier alpha value is -1.52. The van der Waals surface area contributed by atoms with Crippen molar-refractivity contribution in [1.29, 1.82) is 0 Å². The van der Waals surface area contributed by atoms with Gasteiger partial charge < -0.3 is 4.74 Å². The van der Waals surface area contributed by atoms with Gasteiger partial charge in [0.2, 0.25) is 0 Å². The lowest BCUT2D eigenvalue weighted by molar-refractivity contribution is 0.117. The number of rotatable bonds is 5. The Morgan fingerprint density at radius 2 is 2.17 bits per heavy atom. The highest BCUT2D eigenvalue weighted by atomic mass is 35.5. The molecule has 0 unspecified atom stereocenters. The SMILES string of the molecule is Cc1cc(Cl)nc(COCCc2ccccn2)n1. The van der Waals surface area contributed by atoms with Crippen LogP contribution in [0.2, 0.25) is 5.15 Å². The van der Waals surface area contributed by atoms with Crippen LogP contribution in [0.4, 0.5) is 0 Å². The van der Waals surface area contributed by atoms with Crippen LogP contribution in [0, 0.1) is 6.92 Å². The first kappa shape index (κ1) is 12.9. The fourth-order valence-corrected chi connectivity index (χ4v) is 1.79. The van der Waals surface area contributed by atoms with E-state index < -0.39 is 0 Å². The van der Waals surface area contributed by atoms with Gasteiger partial charge in [0.25, 0.3) is 0 Å². The van der Waals surface area contributed by atoms with Crippen LogP contribution >= 0.6 is 11.6 Å². The van der Waals surface area contributed by atoms with E-state index in [4.69, 9.17) is 16.3 Å². The van der Waals surface area contributed by atoms with Crippen molar-refractivity contribution in [3.63, 3.8) is 0 Å². The van der Waals surface area contributed by atoms with Crippen LogP contribution in [0.25, 0.3) is 0 Å². The molecular formula is C13H14ClN3O. The minimum Gasteiger partial charge on any atom is -0.373 e. The highest BCUT2D eigenvalue weighted by molar-refractivity contribution is 6.29. The van der Waals surface area contributed by atoms with E-state index in [-0.39, 0.29) is 0 Å². The Morgan fingerprint density at radius 3 is 2.89 bits per heavy atom. The van der Waals surface area contributed by atoms with Gasteiger partial charge in [-0.15, -0.1) is 0 Å². The minimum absolute atomic E-state index is 0.369. The molecule has 0 radical (unpaired) electrons. The van der Waals surface area contributed by atoms with E-state index in [0.717, 1.165) is 17.8 Å². The summed E-state index contributed by atoms with van der Waals surface area (Å²) in [7, 11) is 0. The molecule has 2 rings (SSSR count). The zero-order chi connectivity index (χ0) is 12.8. The van der Waals surface area contributed by atoms with Gasteiger partial charge in [0, 0.05) is 24.0 Å². The zero-order valence-electron chi connectivity index (χ0n) is 10.1. The van der Waals surface area contributed by atoms with Crippen molar-refractivity contribution in [2.75, 3.05) is 6.61 Å². The number of hydrogen-bond acceptors (Lipinski definition) is 4. The second-order valence-corrected chi connectivity index (χ2v) is 4.26. The van der Waals surface area contributed by atoms with E-state index in [2.05, 4.69) is 15.0 Å². The average Bonchev–Trinajstić information content (AvgIpc) is 2.35. The van der Waals surface area contributed by atoms with E-state index in [9.17, 15) is 0 Å². The summed E-state index contributed by atoms with van der Waals surface area (Å²) in [6.45, 7) is 2.84. The molecule has 2 heterocycles. The lowest BCUT2D eigenvalue weighted by Crippen LogP contribution is -2.04. The first-order valence-electron chi connectivity index (χ1n) is 5.72. The molecule has 2 aromatic rings. The molecule has 0 aromatic carbocycles. The summed E-state index contributed by atoms with van der Waals surface area (Å²) in [6.07, 6.45) is 2.55. The lowest BCUT2D eigenvalue weighted by Gasteiger charge is -2.04. The predicted molar refractivity (Wildman–Crippen MR) is 69.4 cm³/mol. The number of nitrogens with zero attached hydrogens (tertiary/aromatic N) is 3. The number of pyridine rings is 1. The van der Waals surface area contributed by atoms with Crippen LogP contribution < -0.4 is 0 Å². The molecular weight excluding hydrogens is 250 g/mol. The van der Waals surface area contributed by atoms with Crippen molar-refractivity contribution in [2.24, 2.45) is 0 Å². The van der Waals surface area contributed by atoms with Gasteiger partial charge in [-0.3, -0.25) is 4.98 Å². The van der Waals surface area contributed by atoms with Crippen LogP contribution in [-0.4, -0.2) is 21.6 Å². The summed E-state index contributed by atoms with van der Waals surface area (Å²) in [5.41, 5.74) is 1.86. The van der Waals surface area contributed by atoms with Crippen molar-refractivity contribution in [1.82, 2.24) is 15.0 Å². The Kier molecular flexibility index (Phi) is 4.61. The summed E-state index contributed by atoms with van der Waals surface area (Å²) >= 11 is 5.84. The third-order valence-corrected chi connectivity index (χ3v) is 2.52. The predicted octanol–water partition coefficient (Wildman–Crippen LogP) is 2.59. The third kappa shape index (κ3) is 4.05. The molecule has 0 atom stereocenters. The first-order valence-corrected chi connectivity index (χ1v) is 6.09. The molecule has 2 aromatic heterocycles. The van der Waals surface area contributed by atoms with E-state index in [1.54, 1.807) is 12.3 Å². The number of hydrogen-bond donors (Lipinski definition) is 0. The zero-order valence-corrected chi connectivity index (χ0v) is 10.9. The minimum atomic E-state index is 0.369. The van der Waals surface area contributed by atoms with Crippen molar-refractivity contribution >= 4 is 11.6 Å². The molecule has 5 heteroatoms. The summed E-state index contributed by atoms with van der Waals surface area (Å²) in [6, 6.07) is 7.56. The molecule has 0 saturated carbocycles. The molecule has 18 heavy (non-hydrogen) atoms. The number of aromatic nitrogens is 3. The fraction of sp³-hybridized carbons (Fsp3) is 0.308. The summed E-state index contributed by atoms with van der Waals surface area (Å²) in [5, 5.41) is 0.450. The van der Waals surface area contributed by atoms with E-state index in [1.165, 1.54) is 0 Å². The second kappa shape index (κ2) is 6.42. The molecule has 0 fully saturated rings. The van der Waals surface area contributed by atoms with Gasteiger partial charge in [-0.2, -0.15) is 0 Å². The van der Waals surface area contributed by atoms with Crippen molar-refractivity contribution in [3.8, 4) is 0 Å². The van der Waals surface area contributed by atoms with Gasteiger partial charge in [0.1, 0.15) is 11.8 Å². The highest BCUT2D eigenvalue weighted by Gasteiger charge is 2.01. The Bertz CT molecular complexity index is 485. The smallest absolute Gasteiger partial charge is 0.155 e. The number of halogens is 1.